The van der Waals surface area contributed by atoms with Crippen molar-refractivity contribution in [2.75, 3.05) is 11.9 Å². The average molecular weight is 453 g/mol. The van der Waals surface area contributed by atoms with Gasteiger partial charge in [-0.15, -0.1) is 0 Å². The van der Waals surface area contributed by atoms with Crippen molar-refractivity contribution in [3.05, 3.63) is 46.8 Å². The van der Waals surface area contributed by atoms with Gasteiger partial charge in [-0.25, -0.2) is 0 Å². The third kappa shape index (κ3) is 6.83. The lowest BCUT2D eigenvalue weighted by Crippen LogP contribution is -2.40. The Bertz CT molecular complexity index is 951. The zero-order valence-electron chi connectivity index (χ0n) is 19.2. The molecule has 176 valence electrons. The summed E-state index contributed by atoms with van der Waals surface area (Å²) in [5.74, 6) is -1.61. The first-order chi connectivity index (χ1) is 14.9. The van der Waals surface area contributed by atoms with Crippen molar-refractivity contribution in [2.45, 2.75) is 66.7 Å². The van der Waals surface area contributed by atoms with Crippen molar-refractivity contribution in [1.29, 1.82) is 0 Å². The summed E-state index contributed by atoms with van der Waals surface area (Å²) in [4.78, 5) is 24.7. The molecule has 32 heavy (non-hydrogen) atoms. The summed E-state index contributed by atoms with van der Waals surface area (Å²) in [5, 5.41) is 7.35. The third-order valence-electron chi connectivity index (χ3n) is 5.17. The van der Waals surface area contributed by atoms with Crippen molar-refractivity contribution in [3.63, 3.8) is 0 Å². The van der Waals surface area contributed by atoms with E-state index in [9.17, 15) is 22.8 Å². The van der Waals surface area contributed by atoms with E-state index in [2.05, 4.69) is 24.3 Å². The first-order valence-electron chi connectivity index (χ1n) is 10.7. The standard InChI is InChI=1S/C23H31F3N4O2/c1-6-29(22(32)23(24,25)26)14-18-8-7-9-19(12-18)27-21(31)11-10-20-16(4)28-30(17(20)5)13-15(2)3/h7-9,12,15H,6,10-11,13-14H2,1-5H3,(H,27,31). The van der Waals surface area contributed by atoms with Gasteiger partial charge < -0.3 is 10.2 Å². The number of benzene rings is 1. The quantitative estimate of drug-likeness (QED) is 0.603. The Labute approximate surface area is 186 Å². The summed E-state index contributed by atoms with van der Waals surface area (Å²) >= 11 is 0. The fourth-order valence-corrected chi connectivity index (χ4v) is 3.56. The number of carbonyl (C=O) groups is 2. The van der Waals surface area contributed by atoms with Crippen LogP contribution in [-0.2, 0) is 29.1 Å². The number of aromatic nitrogens is 2. The first kappa shape index (κ1) is 25.4. The Balaban J connectivity index is 2.00. The molecule has 0 fully saturated rings. The van der Waals surface area contributed by atoms with Crippen molar-refractivity contribution in [3.8, 4) is 0 Å². The van der Waals surface area contributed by atoms with Crippen LogP contribution in [0.1, 0.15) is 49.7 Å². The van der Waals surface area contributed by atoms with Gasteiger partial charge in [0.25, 0.3) is 0 Å². The second-order valence-electron chi connectivity index (χ2n) is 8.29. The normalized spacial score (nSPS) is 11.7. The molecule has 1 heterocycles. The summed E-state index contributed by atoms with van der Waals surface area (Å²) in [6.07, 6.45) is -4.11. The van der Waals surface area contributed by atoms with Crippen LogP contribution in [0.4, 0.5) is 18.9 Å². The fraction of sp³-hybridized carbons (Fsp3) is 0.522. The number of hydrogen-bond donors (Lipinski definition) is 1. The van der Waals surface area contributed by atoms with Crippen LogP contribution in [-0.4, -0.2) is 39.2 Å². The number of hydrogen-bond acceptors (Lipinski definition) is 3. The summed E-state index contributed by atoms with van der Waals surface area (Å²) in [5.41, 5.74) is 4.00. The van der Waals surface area contributed by atoms with Crippen LogP contribution in [0, 0.1) is 19.8 Å². The number of rotatable bonds is 9. The lowest BCUT2D eigenvalue weighted by atomic mass is 10.1. The SMILES string of the molecule is CCN(Cc1cccc(NC(=O)CCc2c(C)nn(CC(C)C)c2C)c1)C(=O)C(F)(F)F. The van der Waals surface area contributed by atoms with E-state index in [1.165, 1.54) is 6.92 Å². The molecule has 2 rings (SSSR count). The zero-order valence-corrected chi connectivity index (χ0v) is 19.2. The van der Waals surface area contributed by atoms with Gasteiger partial charge in [-0.05, 0) is 56.4 Å². The van der Waals surface area contributed by atoms with Crippen molar-refractivity contribution < 1.29 is 22.8 Å². The van der Waals surface area contributed by atoms with E-state index in [0.29, 0.717) is 23.6 Å². The summed E-state index contributed by atoms with van der Waals surface area (Å²) < 4.78 is 40.2. The summed E-state index contributed by atoms with van der Waals surface area (Å²) in [7, 11) is 0. The maximum absolute atomic E-state index is 12.7. The van der Waals surface area contributed by atoms with Gasteiger partial charge in [0.15, 0.2) is 0 Å². The van der Waals surface area contributed by atoms with Gasteiger partial charge in [0.2, 0.25) is 5.91 Å². The molecule has 9 heteroatoms. The van der Waals surface area contributed by atoms with Crippen molar-refractivity contribution in [1.82, 2.24) is 14.7 Å². The highest BCUT2D eigenvalue weighted by Gasteiger charge is 2.41. The monoisotopic (exact) mass is 452 g/mol. The molecule has 0 atom stereocenters. The van der Waals surface area contributed by atoms with Crippen LogP contribution in [0.25, 0.3) is 0 Å². The second kappa shape index (κ2) is 10.7. The van der Waals surface area contributed by atoms with Crippen LogP contribution < -0.4 is 5.32 Å². The van der Waals surface area contributed by atoms with Gasteiger partial charge in [-0.3, -0.25) is 14.3 Å². The number of nitrogens with one attached hydrogen (secondary N) is 1. The minimum absolute atomic E-state index is 0.0713. The number of alkyl halides is 3. The molecule has 2 aromatic rings. The van der Waals surface area contributed by atoms with E-state index in [1.807, 2.05) is 18.5 Å². The van der Waals surface area contributed by atoms with Gasteiger partial charge in [0.05, 0.1) is 5.69 Å². The molecule has 0 bridgehead atoms. The van der Waals surface area contributed by atoms with Gasteiger partial charge in [0, 0.05) is 37.4 Å². The molecule has 1 aromatic carbocycles. The predicted octanol–water partition coefficient (Wildman–Crippen LogP) is 4.64. The number of carbonyl (C=O) groups excluding carboxylic acids is 2. The van der Waals surface area contributed by atoms with Crippen molar-refractivity contribution in [2.24, 2.45) is 5.92 Å². The molecule has 2 amide bonds. The molecule has 0 aliphatic rings. The Morgan fingerprint density at radius 3 is 2.50 bits per heavy atom. The molecule has 1 N–H and O–H groups in total. The molecule has 0 unspecified atom stereocenters. The summed E-state index contributed by atoms with van der Waals surface area (Å²) in [6.45, 7) is 10.2. The van der Waals surface area contributed by atoms with E-state index in [4.69, 9.17) is 0 Å². The smallest absolute Gasteiger partial charge is 0.331 e. The molecule has 0 aliphatic heterocycles. The Morgan fingerprint density at radius 1 is 1.22 bits per heavy atom. The predicted molar refractivity (Wildman–Crippen MR) is 117 cm³/mol. The van der Waals surface area contributed by atoms with Gasteiger partial charge in [0.1, 0.15) is 0 Å². The number of halogens is 3. The highest BCUT2D eigenvalue weighted by atomic mass is 19.4. The first-order valence-corrected chi connectivity index (χ1v) is 10.7. The number of aryl methyl sites for hydroxylation is 1. The molecule has 0 spiro atoms. The van der Waals surface area contributed by atoms with E-state index in [-0.39, 0.29) is 25.4 Å². The molecule has 6 nitrogen and oxygen atoms in total. The maximum atomic E-state index is 12.7. The maximum Gasteiger partial charge on any atom is 0.471 e. The van der Waals surface area contributed by atoms with Crippen molar-refractivity contribution >= 4 is 17.5 Å². The highest BCUT2D eigenvalue weighted by molar-refractivity contribution is 5.91. The fourth-order valence-electron chi connectivity index (χ4n) is 3.56. The lowest BCUT2D eigenvalue weighted by Gasteiger charge is -2.22. The molecule has 0 saturated carbocycles. The Hall–Kier alpha value is -2.84. The minimum Gasteiger partial charge on any atom is -0.331 e. The Morgan fingerprint density at radius 2 is 1.91 bits per heavy atom. The molecule has 1 aromatic heterocycles. The molecular formula is C23H31F3N4O2. The minimum atomic E-state index is -4.92. The topological polar surface area (TPSA) is 67.2 Å². The van der Waals surface area contributed by atoms with E-state index in [0.717, 1.165) is 28.4 Å². The lowest BCUT2D eigenvalue weighted by molar-refractivity contribution is -0.185. The van der Waals surface area contributed by atoms with Crippen LogP contribution in [0.15, 0.2) is 24.3 Å². The van der Waals surface area contributed by atoms with Gasteiger partial charge >= 0.3 is 12.1 Å². The molecule has 0 radical (unpaired) electrons. The van der Waals surface area contributed by atoms with E-state index in [1.54, 1.807) is 24.3 Å². The van der Waals surface area contributed by atoms with Crippen LogP contribution in [0.5, 0.6) is 0 Å². The average Bonchev–Trinajstić information content (AvgIpc) is 2.95. The van der Waals surface area contributed by atoms with Crippen LogP contribution in [0.2, 0.25) is 0 Å². The number of anilines is 1. The summed E-state index contributed by atoms with van der Waals surface area (Å²) in [6, 6.07) is 6.51. The number of amides is 2. The second-order valence-corrected chi connectivity index (χ2v) is 8.29. The molecular weight excluding hydrogens is 421 g/mol. The van der Waals surface area contributed by atoms with Gasteiger partial charge in [-0.2, -0.15) is 18.3 Å². The van der Waals surface area contributed by atoms with E-state index >= 15 is 0 Å². The molecule has 0 saturated heterocycles. The van der Waals surface area contributed by atoms with Crippen LogP contribution in [0.3, 0.4) is 0 Å². The Kier molecular flexibility index (Phi) is 8.46. The zero-order chi connectivity index (χ0) is 24.1. The largest absolute Gasteiger partial charge is 0.471 e. The number of nitrogens with zero attached hydrogens (tertiary/aromatic N) is 3. The van der Waals surface area contributed by atoms with Gasteiger partial charge in [-0.1, -0.05) is 26.0 Å². The van der Waals surface area contributed by atoms with Crippen LogP contribution >= 0.6 is 0 Å². The highest BCUT2D eigenvalue weighted by Crippen LogP contribution is 2.21. The third-order valence-corrected chi connectivity index (χ3v) is 5.17. The van der Waals surface area contributed by atoms with E-state index < -0.39 is 12.1 Å². The molecule has 0 aliphatic carbocycles.